The van der Waals surface area contributed by atoms with Crippen LogP contribution in [-0.2, 0) is 11.3 Å². The zero-order chi connectivity index (χ0) is 17.4. The summed E-state index contributed by atoms with van der Waals surface area (Å²) in [6.07, 6.45) is 1.27. The van der Waals surface area contributed by atoms with E-state index in [2.05, 4.69) is 10.5 Å². The monoisotopic (exact) mass is 343 g/mol. The first-order valence-corrected chi connectivity index (χ1v) is 8.46. The highest BCUT2D eigenvalue weighted by molar-refractivity contribution is 5.90. The van der Waals surface area contributed by atoms with Crippen LogP contribution in [0, 0.1) is 13.8 Å². The Morgan fingerprint density at radius 1 is 1.24 bits per heavy atom. The molecule has 0 saturated carbocycles. The summed E-state index contributed by atoms with van der Waals surface area (Å²) in [7, 11) is 0. The topological polar surface area (TPSA) is 76.8 Å². The van der Waals surface area contributed by atoms with Crippen molar-refractivity contribution in [2.45, 2.75) is 39.1 Å². The molecular weight excluding hydrogens is 322 g/mol. The van der Waals surface area contributed by atoms with Gasteiger partial charge < -0.3 is 24.2 Å². The fraction of sp³-hybridized carbons (Fsp3) is 0.444. The van der Waals surface area contributed by atoms with Gasteiger partial charge >= 0.3 is 6.03 Å². The number of fused-ring (bicyclic) bond motifs is 1. The van der Waals surface area contributed by atoms with Gasteiger partial charge in [0.25, 0.3) is 0 Å². The number of rotatable bonds is 1. The van der Waals surface area contributed by atoms with Crippen molar-refractivity contribution in [3.63, 3.8) is 0 Å². The number of aromatic nitrogens is 1. The van der Waals surface area contributed by atoms with E-state index in [0.29, 0.717) is 49.7 Å². The van der Waals surface area contributed by atoms with E-state index >= 15 is 0 Å². The van der Waals surface area contributed by atoms with Gasteiger partial charge in [-0.05, 0) is 19.9 Å². The quantitative estimate of drug-likeness (QED) is 0.860. The maximum atomic E-state index is 12.5. The molecule has 3 heterocycles. The lowest BCUT2D eigenvalue weighted by molar-refractivity contribution is -0.225. The summed E-state index contributed by atoms with van der Waals surface area (Å²) < 4.78 is 17.2. The molecule has 7 heteroatoms. The average molecular weight is 343 g/mol. The Balaban J connectivity index is 1.39. The van der Waals surface area contributed by atoms with Gasteiger partial charge in [0.2, 0.25) is 5.79 Å². The predicted octanol–water partition coefficient (Wildman–Crippen LogP) is 3.22. The van der Waals surface area contributed by atoms with E-state index in [9.17, 15) is 4.79 Å². The van der Waals surface area contributed by atoms with Gasteiger partial charge in [0.15, 0.2) is 5.76 Å². The summed E-state index contributed by atoms with van der Waals surface area (Å²) in [5, 5.41) is 6.74. The summed E-state index contributed by atoms with van der Waals surface area (Å²) >= 11 is 0. The number of aryl methyl sites for hydroxylation is 2. The number of nitrogens with zero attached hydrogens (tertiary/aromatic N) is 2. The van der Waals surface area contributed by atoms with Crippen LogP contribution in [-0.4, -0.2) is 35.0 Å². The van der Waals surface area contributed by atoms with Gasteiger partial charge in [0, 0.05) is 31.5 Å². The molecule has 2 amide bonds. The van der Waals surface area contributed by atoms with E-state index in [1.807, 2.05) is 24.3 Å². The molecule has 1 saturated heterocycles. The van der Waals surface area contributed by atoms with Crippen LogP contribution in [0.4, 0.5) is 10.5 Å². The summed E-state index contributed by atoms with van der Waals surface area (Å²) in [6.45, 7) is 5.26. The van der Waals surface area contributed by atoms with Crippen LogP contribution in [0.5, 0.6) is 5.75 Å². The molecule has 0 radical (unpaired) electrons. The third kappa shape index (κ3) is 2.95. The van der Waals surface area contributed by atoms with Crippen LogP contribution in [0.15, 0.2) is 28.8 Å². The number of carbonyl (C=O) groups excluding carboxylic acids is 1. The molecule has 1 aromatic heterocycles. The van der Waals surface area contributed by atoms with Crippen LogP contribution in [0.3, 0.4) is 0 Å². The lowest BCUT2D eigenvalue weighted by atomic mass is 10.0. The predicted molar refractivity (Wildman–Crippen MR) is 90.4 cm³/mol. The van der Waals surface area contributed by atoms with Crippen molar-refractivity contribution in [1.82, 2.24) is 10.1 Å². The number of benzene rings is 1. The van der Waals surface area contributed by atoms with Crippen molar-refractivity contribution in [3.05, 3.63) is 41.3 Å². The number of anilines is 1. The first-order valence-electron chi connectivity index (χ1n) is 8.46. The second-order valence-electron chi connectivity index (χ2n) is 6.53. The number of ether oxygens (including phenoxy) is 2. The van der Waals surface area contributed by atoms with E-state index < -0.39 is 5.79 Å². The molecule has 1 fully saturated rings. The fourth-order valence-corrected chi connectivity index (χ4v) is 3.31. The van der Waals surface area contributed by atoms with Gasteiger partial charge in [-0.3, -0.25) is 0 Å². The Kier molecular flexibility index (Phi) is 3.88. The summed E-state index contributed by atoms with van der Waals surface area (Å²) in [5.41, 5.74) is 2.38. The van der Waals surface area contributed by atoms with Crippen molar-refractivity contribution >= 4 is 11.7 Å². The largest absolute Gasteiger partial charge is 0.462 e. The molecule has 0 bridgehead atoms. The zero-order valence-electron chi connectivity index (χ0n) is 14.4. The molecule has 1 aromatic carbocycles. The molecule has 1 spiro atoms. The van der Waals surface area contributed by atoms with Crippen molar-refractivity contribution in [2.24, 2.45) is 0 Å². The fourth-order valence-electron chi connectivity index (χ4n) is 3.31. The van der Waals surface area contributed by atoms with E-state index in [4.69, 9.17) is 14.0 Å². The number of urea groups is 1. The third-order valence-corrected chi connectivity index (χ3v) is 4.84. The summed E-state index contributed by atoms with van der Waals surface area (Å²) in [6, 6.07) is 7.76. The Morgan fingerprint density at radius 3 is 2.72 bits per heavy atom. The number of nitrogens with one attached hydrogen (secondary N) is 1. The number of hydrogen-bond donors (Lipinski definition) is 1. The minimum atomic E-state index is -0.631. The van der Waals surface area contributed by atoms with E-state index in [0.717, 1.165) is 11.3 Å². The SMILES string of the molecule is Cc1noc(C)c1NC(=O)N1CCC2(CC1)OCc1ccccc1O2. The Morgan fingerprint density at radius 2 is 2.00 bits per heavy atom. The normalized spacial score (nSPS) is 18.6. The maximum absolute atomic E-state index is 12.5. The molecule has 1 N–H and O–H groups in total. The molecule has 2 aliphatic rings. The van der Waals surface area contributed by atoms with Crippen LogP contribution in [0.1, 0.15) is 29.9 Å². The highest BCUT2D eigenvalue weighted by Gasteiger charge is 2.41. The van der Waals surface area contributed by atoms with Crippen LogP contribution < -0.4 is 10.1 Å². The minimum Gasteiger partial charge on any atom is -0.462 e. The number of amides is 2. The Hall–Kier alpha value is -2.54. The van der Waals surface area contributed by atoms with Gasteiger partial charge in [0.05, 0.1) is 6.61 Å². The van der Waals surface area contributed by atoms with Gasteiger partial charge in [-0.15, -0.1) is 0 Å². The van der Waals surface area contributed by atoms with E-state index in [-0.39, 0.29) is 6.03 Å². The maximum Gasteiger partial charge on any atom is 0.321 e. The van der Waals surface area contributed by atoms with Gasteiger partial charge in [-0.2, -0.15) is 0 Å². The molecule has 0 atom stereocenters. The zero-order valence-corrected chi connectivity index (χ0v) is 14.4. The molecule has 7 nitrogen and oxygen atoms in total. The van der Waals surface area contributed by atoms with Crippen LogP contribution in [0.25, 0.3) is 0 Å². The first kappa shape index (κ1) is 16.0. The smallest absolute Gasteiger partial charge is 0.321 e. The van der Waals surface area contributed by atoms with Crippen LogP contribution in [0.2, 0.25) is 0 Å². The summed E-state index contributed by atoms with van der Waals surface area (Å²) in [4.78, 5) is 14.3. The Labute approximate surface area is 145 Å². The number of hydrogen-bond acceptors (Lipinski definition) is 5. The van der Waals surface area contributed by atoms with Gasteiger partial charge in [0.1, 0.15) is 17.1 Å². The first-order chi connectivity index (χ1) is 12.1. The number of carbonyl (C=O) groups is 1. The summed E-state index contributed by atoms with van der Waals surface area (Å²) in [5.74, 6) is 0.853. The average Bonchev–Trinajstić information content (AvgIpc) is 2.94. The van der Waals surface area contributed by atoms with Gasteiger partial charge in [-0.25, -0.2) is 4.79 Å². The number of para-hydroxylation sites is 1. The Bertz CT molecular complexity index is 774. The van der Waals surface area contributed by atoms with Crippen molar-refractivity contribution in [1.29, 1.82) is 0 Å². The molecular formula is C18H21N3O4. The van der Waals surface area contributed by atoms with Gasteiger partial charge in [-0.1, -0.05) is 23.4 Å². The second-order valence-corrected chi connectivity index (χ2v) is 6.53. The minimum absolute atomic E-state index is 0.152. The molecule has 0 unspecified atom stereocenters. The highest BCUT2D eigenvalue weighted by atomic mass is 16.7. The second kappa shape index (κ2) is 6.07. The third-order valence-electron chi connectivity index (χ3n) is 4.84. The van der Waals surface area contributed by atoms with Crippen molar-refractivity contribution in [3.8, 4) is 5.75 Å². The van der Waals surface area contributed by atoms with E-state index in [1.54, 1.807) is 18.7 Å². The van der Waals surface area contributed by atoms with E-state index in [1.165, 1.54) is 0 Å². The number of likely N-dealkylation sites (tertiary alicyclic amines) is 1. The lowest BCUT2D eigenvalue weighted by Crippen LogP contribution is -2.53. The molecule has 132 valence electrons. The van der Waals surface area contributed by atoms with Crippen LogP contribution >= 0.6 is 0 Å². The lowest BCUT2D eigenvalue weighted by Gasteiger charge is -2.43. The molecule has 2 aliphatic heterocycles. The van der Waals surface area contributed by atoms with Crippen molar-refractivity contribution in [2.75, 3.05) is 18.4 Å². The molecule has 0 aliphatic carbocycles. The van der Waals surface area contributed by atoms with Crippen molar-refractivity contribution < 1.29 is 18.8 Å². The molecule has 25 heavy (non-hydrogen) atoms. The highest BCUT2D eigenvalue weighted by Crippen LogP contribution is 2.37. The standard InChI is InChI=1S/C18H21N3O4/c1-12-16(13(2)25-20-12)19-17(22)21-9-7-18(8-10-21)23-11-14-5-3-4-6-15(14)24-18/h3-6H,7-11H2,1-2H3,(H,19,22). The molecule has 2 aromatic rings. The molecule has 4 rings (SSSR count). The number of piperidine rings is 1.